The Hall–Kier alpha value is -10.4. The van der Waals surface area contributed by atoms with Crippen LogP contribution in [0.2, 0.25) is 0 Å². The molecule has 4 aromatic rings. The number of unbranched alkanes of at least 4 members (excludes halogenated alkanes) is 3. The monoisotopic (exact) mass is 1760 g/mol. The van der Waals surface area contributed by atoms with Crippen LogP contribution in [0.3, 0.4) is 0 Å². The lowest BCUT2D eigenvalue weighted by molar-refractivity contribution is -0.142. The Morgan fingerprint density at radius 3 is 1.61 bits per heavy atom. The summed E-state index contributed by atoms with van der Waals surface area (Å²) in [5.74, 6) is -8.99. The molecule has 21 N–H and O–H groups in total. The van der Waals surface area contributed by atoms with Gasteiger partial charge in [-0.25, -0.2) is 28.7 Å². The van der Waals surface area contributed by atoms with Crippen LogP contribution >= 0.6 is 34.8 Å². The molecule has 0 aliphatic carbocycles. The first kappa shape index (κ1) is 96.2. The lowest BCUT2D eigenvalue weighted by Crippen LogP contribution is -2.54. The molecular formula is C74H109IN20O20S. The number of hydrogen-bond donors (Lipinski definition) is 17. The average molecular weight is 1760 g/mol. The molecule has 2 heterocycles. The summed E-state index contributed by atoms with van der Waals surface area (Å²) in [7, 11) is 0. The third kappa shape index (κ3) is 41.3. The number of anilines is 2. The number of aliphatic carboxylic acids is 4. The molecule has 5 unspecified atom stereocenters. The first-order valence-corrected chi connectivity index (χ1v) is 39.5. The number of carbonyl (C=O) groups is 13. The summed E-state index contributed by atoms with van der Waals surface area (Å²) in [5, 5.41) is 70.7. The van der Waals surface area contributed by atoms with Crippen LogP contribution in [-0.4, -0.2) is 299 Å². The fourth-order valence-electron chi connectivity index (χ4n) is 12.1. The van der Waals surface area contributed by atoms with Gasteiger partial charge in [0.2, 0.25) is 41.4 Å². The van der Waals surface area contributed by atoms with Crippen LogP contribution in [0.5, 0.6) is 0 Å². The van der Waals surface area contributed by atoms with Crippen LogP contribution in [0.15, 0.2) is 79.0 Å². The van der Waals surface area contributed by atoms with Gasteiger partial charge in [-0.2, -0.15) is 0 Å². The summed E-state index contributed by atoms with van der Waals surface area (Å²) in [6.45, 7) is 4.16. The maximum atomic E-state index is 13.9. The number of ether oxygens (including phenoxy) is 3. The van der Waals surface area contributed by atoms with Crippen molar-refractivity contribution in [3.63, 3.8) is 0 Å². The minimum atomic E-state index is -1.54. The van der Waals surface area contributed by atoms with Crippen molar-refractivity contribution >= 4 is 129 Å². The van der Waals surface area contributed by atoms with Gasteiger partial charge < -0.3 is 105 Å². The third-order valence-corrected chi connectivity index (χ3v) is 19.0. The van der Waals surface area contributed by atoms with E-state index >= 15 is 0 Å². The van der Waals surface area contributed by atoms with Gasteiger partial charge in [-0.1, -0.05) is 41.6 Å². The molecule has 638 valence electrons. The van der Waals surface area contributed by atoms with Crippen molar-refractivity contribution < 1.29 is 97.0 Å². The van der Waals surface area contributed by atoms with Crippen LogP contribution < -0.4 is 70.8 Å². The molecule has 40 nitrogen and oxygen atoms in total. The Morgan fingerprint density at radius 1 is 0.509 bits per heavy atom. The number of halogens is 1. The highest BCUT2D eigenvalue weighted by atomic mass is 127. The van der Waals surface area contributed by atoms with Crippen molar-refractivity contribution in [1.82, 2.24) is 71.8 Å². The summed E-state index contributed by atoms with van der Waals surface area (Å²) in [4.78, 5) is 168. The summed E-state index contributed by atoms with van der Waals surface area (Å²) in [6, 6.07) is 14.5. The first-order chi connectivity index (χ1) is 55.5. The molecule has 0 radical (unpaired) electrons. The van der Waals surface area contributed by atoms with Crippen molar-refractivity contribution in [3.8, 4) is 11.3 Å². The molecule has 1 aliphatic heterocycles. The van der Waals surface area contributed by atoms with Gasteiger partial charge in [0, 0.05) is 105 Å². The summed E-state index contributed by atoms with van der Waals surface area (Å²) >= 11 is 7.82. The summed E-state index contributed by atoms with van der Waals surface area (Å²) in [5.41, 5.74) is 26.6. The van der Waals surface area contributed by atoms with Gasteiger partial charge in [0.25, 0.3) is 0 Å². The fourth-order valence-corrected chi connectivity index (χ4v) is 12.7. The molecule has 5 atom stereocenters. The zero-order chi connectivity index (χ0) is 84.7. The third-order valence-electron chi connectivity index (χ3n) is 18.0. The highest BCUT2D eigenvalue weighted by Crippen LogP contribution is 2.22. The number of nitrogens with zero attached hydrogens (tertiary/aromatic N) is 7. The van der Waals surface area contributed by atoms with Crippen LogP contribution in [0.1, 0.15) is 88.2 Å². The zero-order valence-electron chi connectivity index (χ0n) is 64.7. The normalized spacial score (nSPS) is 14.8. The number of carboxylic acid groups (broad SMARTS) is 4. The van der Waals surface area contributed by atoms with Gasteiger partial charge >= 0.3 is 35.9 Å². The smallest absolute Gasteiger partial charge is 0.326 e. The van der Waals surface area contributed by atoms with E-state index in [0.29, 0.717) is 120 Å². The lowest BCUT2D eigenvalue weighted by Gasteiger charge is -2.38. The highest BCUT2D eigenvalue weighted by Gasteiger charge is 2.30. The molecule has 1 aromatic heterocycles. The van der Waals surface area contributed by atoms with Crippen molar-refractivity contribution in [2.45, 2.75) is 127 Å². The number of carbonyl (C=O) groups excluding carboxylic acids is 9. The van der Waals surface area contributed by atoms with Gasteiger partial charge in [-0.15, -0.1) is 5.10 Å². The number of primary amides is 4. The number of nitrogens with one attached hydrogen (secondary N) is 9. The number of benzene rings is 3. The number of thiocarbonyl (C=S) groups is 1. The highest BCUT2D eigenvalue weighted by molar-refractivity contribution is 14.1. The fraction of sp³-hybridized carbons (Fsp3) is 0.541. The van der Waals surface area contributed by atoms with Crippen LogP contribution in [0.25, 0.3) is 11.3 Å². The standard InChI is InChI=1S/C74H109IN20O20S/c75-52-17-13-50(14-18-52)41-66(101)80-24-4-2-11-57(69(105)106)86-68(104)56(10-1-6-26-82-74(116)84-53-19-15-49(16-20-53)40-55-43-93(47-63(78)98)30-29-91(45-61(76)96)27-28-92(46-62(77)97)31-32-94(55)48-64(79)99)85-65(100)23-34-113-36-38-115-39-37-114-35-33-95-44-60(89-90-95)51-8-7-9-54(42-51)83-72(111)81-25-5-3-12-58(70(107)108)87-73(112)88-59(71(109)110)21-22-67(102)103/h7-9,13-20,42,44,55-59H,1-6,10-12,21-41,43,45-48H2,(H2,76,96)(H2,77,97)(H2,78,98)(H2,79,99)(H,80,101)(H,85,100)(H,86,104)(H,102,103)(H,105,106)(H,107,108)(H,109,110)(H2,81,83,111)(H2,82,84,116)(H2,87,88,112). The molecule has 42 heteroatoms. The predicted molar refractivity (Wildman–Crippen MR) is 436 cm³/mol. The van der Waals surface area contributed by atoms with Crippen molar-refractivity contribution in [3.05, 3.63) is 93.7 Å². The van der Waals surface area contributed by atoms with E-state index in [1.54, 1.807) is 35.1 Å². The maximum Gasteiger partial charge on any atom is 0.326 e. The Kier molecular flexibility index (Phi) is 44.6. The maximum absolute atomic E-state index is 13.9. The minimum Gasteiger partial charge on any atom is -0.481 e. The zero-order valence-corrected chi connectivity index (χ0v) is 67.7. The van der Waals surface area contributed by atoms with Crippen molar-refractivity contribution in [2.75, 3.05) is 142 Å². The molecule has 0 spiro atoms. The Labute approximate surface area is 690 Å². The molecule has 5 rings (SSSR count). The Balaban J connectivity index is 1.04. The number of nitrogens with two attached hydrogens (primary N) is 4. The largest absolute Gasteiger partial charge is 0.481 e. The Morgan fingerprint density at radius 2 is 1.03 bits per heavy atom. The summed E-state index contributed by atoms with van der Waals surface area (Å²) < 4.78 is 19.6. The first-order valence-electron chi connectivity index (χ1n) is 38.0. The quantitative estimate of drug-likeness (QED) is 0.0146. The Bertz CT molecular complexity index is 3850. The molecule has 116 heavy (non-hydrogen) atoms. The summed E-state index contributed by atoms with van der Waals surface area (Å²) in [6.07, 6.45) is 3.66. The van der Waals surface area contributed by atoms with Gasteiger partial charge in [-0.3, -0.25) is 58.0 Å². The number of amides is 11. The van der Waals surface area contributed by atoms with E-state index in [4.69, 9.17) is 54.5 Å². The molecule has 0 saturated carbocycles. The van der Waals surface area contributed by atoms with Gasteiger partial charge in [0.05, 0.1) is 85.0 Å². The number of hydrogen-bond acceptors (Lipinski definition) is 23. The molecule has 11 amide bonds. The van der Waals surface area contributed by atoms with E-state index in [-0.39, 0.29) is 134 Å². The second-order valence-corrected chi connectivity index (χ2v) is 29.1. The average Bonchev–Trinajstić information content (AvgIpc) is 1.66. The second kappa shape index (κ2) is 53.7. The number of rotatable bonds is 53. The van der Waals surface area contributed by atoms with Gasteiger partial charge in [0.1, 0.15) is 29.9 Å². The SMILES string of the molecule is NC(=O)CN1CCN(CC(N)=O)CCN(CC(N)=O)C(Cc2ccc(NC(=S)NCCCCC(NC(=O)CCOCCOCCOCCn3cc(-c4cccc(NC(=O)NCCCCC(NC(=O)NC(CCC(=O)O)C(=O)O)C(=O)O)c4)nn3)C(=O)NC(CCCCNC(=O)Cc3ccc(I)cc3)C(=O)O)cc2)CN(CC(N)=O)CC1. The number of aromatic nitrogens is 3. The molecule has 3 aromatic carbocycles. The molecular weight excluding hydrogens is 1650 g/mol. The molecule has 1 saturated heterocycles. The molecule has 1 aliphatic rings. The van der Waals surface area contributed by atoms with Crippen LogP contribution in [0.4, 0.5) is 21.0 Å². The lowest BCUT2D eigenvalue weighted by atomic mass is 10.0. The van der Waals surface area contributed by atoms with E-state index in [9.17, 15) is 77.6 Å². The second-order valence-electron chi connectivity index (χ2n) is 27.5. The van der Waals surface area contributed by atoms with E-state index in [0.717, 1.165) is 14.7 Å². The van der Waals surface area contributed by atoms with E-state index in [2.05, 4.69) is 80.8 Å². The van der Waals surface area contributed by atoms with Crippen molar-refractivity contribution in [2.24, 2.45) is 22.9 Å². The number of carboxylic acids is 4. The van der Waals surface area contributed by atoms with E-state index in [1.807, 2.05) is 68.1 Å². The molecule has 1 fully saturated rings. The molecule has 0 bridgehead atoms. The minimum absolute atomic E-state index is 0.0188. The topological polar surface area (TPSA) is 587 Å². The van der Waals surface area contributed by atoms with Gasteiger partial charge in [-0.05, 0) is 153 Å². The van der Waals surface area contributed by atoms with E-state index < -0.39 is 108 Å². The van der Waals surface area contributed by atoms with Gasteiger partial charge in [0.15, 0.2) is 5.11 Å². The van der Waals surface area contributed by atoms with Crippen LogP contribution in [-0.2, 0) is 86.3 Å². The predicted octanol–water partition coefficient (Wildman–Crippen LogP) is -0.834. The van der Waals surface area contributed by atoms with Crippen molar-refractivity contribution in [1.29, 1.82) is 0 Å². The van der Waals surface area contributed by atoms with E-state index in [1.165, 1.54) is 0 Å². The van der Waals surface area contributed by atoms with Crippen LogP contribution in [0, 0.1) is 3.57 Å². The number of urea groups is 2.